The van der Waals surface area contributed by atoms with Gasteiger partial charge in [0.15, 0.2) is 0 Å². The lowest BCUT2D eigenvalue weighted by atomic mass is 10.0. The number of pyridine rings is 1. The molecule has 0 saturated carbocycles. The monoisotopic (exact) mass is 380 g/mol. The van der Waals surface area contributed by atoms with Crippen LogP contribution in [-0.4, -0.2) is 34.0 Å². The molecule has 0 aliphatic rings. The molecule has 1 aromatic carbocycles. The summed E-state index contributed by atoms with van der Waals surface area (Å²) in [7, 11) is 1.88. The van der Waals surface area contributed by atoms with Gasteiger partial charge in [-0.1, -0.05) is 0 Å². The first-order valence-corrected chi connectivity index (χ1v) is 8.95. The SMILES string of the molecule is Cc1nnc(CN(C)c2cc(C(=N)c3cc(OC(C)C)ccc3N)ccn2)o1. The molecule has 0 unspecified atom stereocenters. The maximum absolute atomic E-state index is 8.63. The topological polar surface area (TPSA) is 114 Å². The number of nitrogens with one attached hydrogen (secondary N) is 1. The number of nitrogens with zero attached hydrogens (tertiary/aromatic N) is 4. The Morgan fingerprint density at radius 3 is 2.71 bits per heavy atom. The number of aromatic nitrogens is 3. The second-order valence-electron chi connectivity index (χ2n) is 6.76. The highest BCUT2D eigenvalue weighted by Gasteiger charge is 2.14. The molecule has 0 aliphatic heterocycles. The van der Waals surface area contributed by atoms with Crippen LogP contribution in [-0.2, 0) is 6.54 Å². The smallest absolute Gasteiger partial charge is 0.235 e. The lowest BCUT2D eigenvalue weighted by molar-refractivity contribution is 0.242. The number of rotatable bonds is 7. The molecule has 2 heterocycles. The number of anilines is 2. The summed E-state index contributed by atoms with van der Waals surface area (Å²) in [5, 5.41) is 16.5. The fourth-order valence-electron chi connectivity index (χ4n) is 2.72. The molecule has 0 spiro atoms. The summed E-state index contributed by atoms with van der Waals surface area (Å²) in [6, 6.07) is 8.98. The van der Waals surface area contributed by atoms with E-state index in [1.165, 1.54) is 0 Å². The highest BCUT2D eigenvalue weighted by molar-refractivity contribution is 6.14. The fourth-order valence-corrected chi connectivity index (χ4v) is 2.72. The second kappa shape index (κ2) is 8.08. The van der Waals surface area contributed by atoms with Gasteiger partial charge in [-0.3, -0.25) is 5.41 Å². The number of ether oxygens (including phenoxy) is 1. The van der Waals surface area contributed by atoms with Gasteiger partial charge in [-0.15, -0.1) is 10.2 Å². The van der Waals surface area contributed by atoms with E-state index in [9.17, 15) is 0 Å². The zero-order chi connectivity index (χ0) is 20.3. The molecule has 0 saturated heterocycles. The highest BCUT2D eigenvalue weighted by Crippen LogP contribution is 2.24. The van der Waals surface area contributed by atoms with Gasteiger partial charge < -0.3 is 19.8 Å². The van der Waals surface area contributed by atoms with Crippen LogP contribution < -0.4 is 15.4 Å². The van der Waals surface area contributed by atoms with Gasteiger partial charge in [0.2, 0.25) is 11.8 Å². The molecule has 0 radical (unpaired) electrons. The Bertz CT molecular complexity index is 982. The van der Waals surface area contributed by atoms with Gasteiger partial charge in [0, 0.05) is 37.0 Å². The zero-order valence-corrected chi connectivity index (χ0v) is 16.4. The number of benzene rings is 1. The van der Waals surface area contributed by atoms with E-state index in [1.807, 2.05) is 37.9 Å². The van der Waals surface area contributed by atoms with Crippen molar-refractivity contribution in [3.8, 4) is 5.75 Å². The van der Waals surface area contributed by atoms with E-state index in [2.05, 4.69) is 15.2 Å². The quantitative estimate of drug-likeness (QED) is 0.478. The molecule has 2 aromatic heterocycles. The molecule has 3 aromatic rings. The summed E-state index contributed by atoms with van der Waals surface area (Å²) >= 11 is 0. The van der Waals surface area contributed by atoms with Crippen LogP contribution in [0.2, 0.25) is 0 Å². The molecule has 0 bridgehead atoms. The molecule has 28 heavy (non-hydrogen) atoms. The van der Waals surface area contributed by atoms with Crippen LogP contribution in [0.15, 0.2) is 40.9 Å². The first kappa shape index (κ1) is 19.3. The Labute approximate surface area is 163 Å². The summed E-state index contributed by atoms with van der Waals surface area (Å²) in [5.41, 5.74) is 8.25. The van der Waals surface area contributed by atoms with Crippen LogP contribution in [0, 0.1) is 12.3 Å². The Hall–Kier alpha value is -3.42. The fraction of sp³-hybridized carbons (Fsp3) is 0.300. The van der Waals surface area contributed by atoms with Gasteiger partial charge >= 0.3 is 0 Å². The van der Waals surface area contributed by atoms with Crippen LogP contribution in [0.3, 0.4) is 0 Å². The number of nitrogens with two attached hydrogens (primary N) is 1. The minimum atomic E-state index is 0.0418. The van der Waals surface area contributed by atoms with Crippen molar-refractivity contribution in [1.82, 2.24) is 15.2 Å². The molecule has 3 N–H and O–H groups in total. The summed E-state index contributed by atoms with van der Waals surface area (Å²) in [6.45, 7) is 6.08. The molecule has 8 nitrogen and oxygen atoms in total. The van der Waals surface area contributed by atoms with E-state index >= 15 is 0 Å². The van der Waals surface area contributed by atoms with Crippen molar-refractivity contribution >= 4 is 17.2 Å². The number of nitrogen functional groups attached to an aromatic ring is 1. The first-order chi connectivity index (χ1) is 13.3. The van der Waals surface area contributed by atoms with Gasteiger partial charge in [0.25, 0.3) is 0 Å². The van der Waals surface area contributed by atoms with Gasteiger partial charge in [-0.05, 0) is 44.2 Å². The van der Waals surface area contributed by atoms with Crippen LogP contribution in [0.1, 0.15) is 36.8 Å². The third-order valence-corrected chi connectivity index (χ3v) is 4.03. The first-order valence-electron chi connectivity index (χ1n) is 8.95. The number of hydrogen-bond donors (Lipinski definition) is 2. The van der Waals surface area contributed by atoms with Gasteiger partial charge in [0.05, 0.1) is 18.4 Å². The van der Waals surface area contributed by atoms with E-state index in [4.69, 9.17) is 20.3 Å². The summed E-state index contributed by atoms with van der Waals surface area (Å²) in [4.78, 5) is 6.26. The Kier molecular flexibility index (Phi) is 5.58. The lowest BCUT2D eigenvalue weighted by Crippen LogP contribution is -2.18. The zero-order valence-electron chi connectivity index (χ0n) is 16.4. The largest absolute Gasteiger partial charge is 0.491 e. The third kappa shape index (κ3) is 4.46. The minimum Gasteiger partial charge on any atom is -0.491 e. The second-order valence-corrected chi connectivity index (χ2v) is 6.76. The van der Waals surface area contributed by atoms with Crippen LogP contribution in [0.4, 0.5) is 11.5 Å². The van der Waals surface area contributed by atoms with Crippen molar-refractivity contribution in [2.24, 2.45) is 0 Å². The van der Waals surface area contributed by atoms with E-state index in [0.29, 0.717) is 52.4 Å². The average molecular weight is 380 g/mol. The highest BCUT2D eigenvalue weighted by atomic mass is 16.5. The molecule has 8 heteroatoms. The molecule has 0 fully saturated rings. The molecule has 146 valence electrons. The van der Waals surface area contributed by atoms with Gasteiger partial charge in [-0.2, -0.15) is 0 Å². The van der Waals surface area contributed by atoms with Gasteiger partial charge in [-0.25, -0.2) is 4.98 Å². The predicted octanol–water partition coefficient (Wildman–Crippen LogP) is 3.19. The number of aryl methyl sites for hydroxylation is 1. The minimum absolute atomic E-state index is 0.0418. The molecule has 0 atom stereocenters. The normalized spacial score (nSPS) is 10.9. The van der Waals surface area contributed by atoms with Crippen molar-refractivity contribution in [2.75, 3.05) is 17.7 Å². The van der Waals surface area contributed by atoms with Crippen molar-refractivity contribution in [3.05, 3.63) is 59.4 Å². The Balaban J connectivity index is 1.84. The standard InChI is InChI=1S/C20H24N6O2/c1-12(2)27-15-5-6-17(21)16(10-15)20(22)14-7-8-23-18(9-14)26(4)11-19-25-24-13(3)28-19/h5-10,12,22H,11,21H2,1-4H3. The predicted molar refractivity (Wildman–Crippen MR) is 108 cm³/mol. The number of hydrogen-bond acceptors (Lipinski definition) is 8. The van der Waals surface area contributed by atoms with Crippen molar-refractivity contribution in [2.45, 2.75) is 33.4 Å². The van der Waals surface area contributed by atoms with Crippen LogP contribution in [0.5, 0.6) is 5.75 Å². The molecule has 3 rings (SSSR count). The summed E-state index contributed by atoms with van der Waals surface area (Å²) in [6.07, 6.45) is 1.71. The van der Waals surface area contributed by atoms with E-state index in [-0.39, 0.29) is 6.10 Å². The summed E-state index contributed by atoms with van der Waals surface area (Å²) in [5.74, 6) is 2.39. The summed E-state index contributed by atoms with van der Waals surface area (Å²) < 4.78 is 11.1. The Morgan fingerprint density at radius 2 is 2.04 bits per heavy atom. The van der Waals surface area contributed by atoms with Crippen molar-refractivity contribution < 1.29 is 9.15 Å². The third-order valence-electron chi connectivity index (χ3n) is 4.03. The van der Waals surface area contributed by atoms with Crippen molar-refractivity contribution in [1.29, 1.82) is 5.41 Å². The van der Waals surface area contributed by atoms with E-state index in [0.717, 1.165) is 0 Å². The lowest BCUT2D eigenvalue weighted by Gasteiger charge is -2.17. The Morgan fingerprint density at radius 1 is 1.25 bits per heavy atom. The van der Waals surface area contributed by atoms with E-state index < -0.39 is 0 Å². The molecule has 0 amide bonds. The van der Waals surface area contributed by atoms with Crippen LogP contribution >= 0.6 is 0 Å². The average Bonchev–Trinajstić information content (AvgIpc) is 3.07. The molecule has 0 aliphatic carbocycles. The molecular weight excluding hydrogens is 356 g/mol. The van der Waals surface area contributed by atoms with Gasteiger partial charge in [0.1, 0.15) is 11.6 Å². The van der Waals surface area contributed by atoms with Crippen LogP contribution in [0.25, 0.3) is 0 Å². The van der Waals surface area contributed by atoms with Crippen molar-refractivity contribution in [3.63, 3.8) is 0 Å². The molecular formula is C20H24N6O2. The van der Waals surface area contributed by atoms with E-state index in [1.54, 1.807) is 31.3 Å². The maximum Gasteiger partial charge on any atom is 0.235 e. The maximum atomic E-state index is 8.63.